The minimum absolute atomic E-state index is 0.0575. The van der Waals surface area contributed by atoms with E-state index in [0.29, 0.717) is 16.4 Å². The van der Waals surface area contributed by atoms with E-state index in [9.17, 15) is 4.79 Å². The first-order valence-electron chi connectivity index (χ1n) is 7.36. The number of quaternary nitrogens is 1. The van der Waals surface area contributed by atoms with Gasteiger partial charge >= 0.3 is 0 Å². The smallest absolute Gasteiger partial charge is 0.263 e. The molecule has 0 saturated heterocycles. The highest BCUT2D eigenvalue weighted by atomic mass is 35.5. The third-order valence-electron chi connectivity index (χ3n) is 3.79. The van der Waals surface area contributed by atoms with Crippen LogP contribution in [0.2, 0.25) is 5.02 Å². The highest BCUT2D eigenvalue weighted by Gasteiger charge is 2.23. The minimum atomic E-state index is -0.144. The Morgan fingerprint density at radius 3 is 2.74 bits per heavy atom. The summed E-state index contributed by atoms with van der Waals surface area (Å²) in [5, 5.41) is 4.42. The van der Waals surface area contributed by atoms with E-state index in [-0.39, 0.29) is 11.9 Å². The van der Waals surface area contributed by atoms with Gasteiger partial charge in [-0.15, -0.1) is 11.3 Å². The number of fused-ring (bicyclic) bond motifs is 1. The largest absolute Gasteiger partial charge is 0.463 e. The first kappa shape index (κ1) is 16.1. The molecule has 2 aromatic heterocycles. The molecule has 2 heterocycles. The number of nitrogens with one attached hydrogen (secondary N) is 2. The van der Waals surface area contributed by atoms with Gasteiger partial charge in [0.15, 0.2) is 11.8 Å². The number of halogens is 1. The lowest BCUT2D eigenvalue weighted by molar-refractivity contribution is -0.891. The van der Waals surface area contributed by atoms with Gasteiger partial charge in [0.2, 0.25) is 0 Å². The van der Waals surface area contributed by atoms with E-state index < -0.39 is 0 Å². The van der Waals surface area contributed by atoms with Crippen LogP contribution in [0.15, 0.2) is 47.1 Å². The van der Waals surface area contributed by atoms with E-state index in [1.165, 1.54) is 16.2 Å². The second kappa shape index (κ2) is 6.74. The molecule has 0 fully saturated rings. The highest BCUT2D eigenvalue weighted by molar-refractivity contribution is 7.21. The maximum absolute atomic E-state index is 12.5. The highest BCUT2D eigenvalue weighted by Crippen LogP contribution is 2.34. The van der Waals surface area contributed by atoms with Gasteiger partial charge in [0.05, 0.1) is 31.9 Å². The molecule has 0 bridgehead atoms. The quantitative estimate of drug-likeness (QED) is 0.744. The molecule has 23 heavy (non-hydrogen) atoms. The van der Waals surface area contributed by atoms with Crippen molar-refractivity contribution in [2.45, 2.75) is 6.04 Å². The molecule has 120 valence electrons. The number of likely N-dealkylation sites (N-methyl/N-ethyl adjacent to an activating group) is 1. The molecule has 0 unspecified atom stereocenters. The SMILES string of the molecule is C[NH+](C)[C@H](CNC(=O)c1sc2ccccc2c1Cl)c1ccco1. The molecule has 4 nitrogen and oxygen atoms in total. The van der Waals surface area contributed by atoms with Gasteiger partial charge in [0, 0.05) is 10.1 Å². The second-order valence-electron chi connectivity index (χ2n) is 5.60. The van der Waals surface area contributed by atoms with E-state index in [1.807, 2.05) is 50.5 Å². The molecule has 0 aliphatic rings. The molecule has 1 amide bonds. The Kier molecular flexibility index (Phi) is 4.71. The van der Waals surface area contributed by atoms with Crippen molar-refractivity contribution < 1.29 is 14.1 Å². The van der Waals surface area contributed by atoms with Crippen molar-refractivity contribution in [2.75, 3.05) is 20.6 Å². The molecule has 0 aliphatic heterocycles. The van der Waals surface area contributed by atoms with Crippen LogP contribution in [0.1, 0.15) is 21.5 Å². The molecule has 0 spiro atoms. The van der Waals surface area contributed by atoms with E-state index >= 15 is 0 Å². The maximum Gasteiger partial charge on any atom is 0.263 e. The standard InChI is InChI=1S/C17H17ClN2O2S/c1-20(2)12(13-7-5-9-22-13)10-19-17(21)16-15(18)11-6-3-4-8-14(11)23-16/h3-9,12H,10H2,1-2H3,(H,19,21)/p+1/t12-/m1/s1. The van der Waals surface area contributed by atoms with Crippen LogP contribution in [0, 0.1) is 0 Å². The molecule has 3 rings (SSSR count). The predicted octanol–water partition coefficient (Wildman–Crippen LogP) is 2.76. The number of furan rings is 1. The molecule has 0 saturated carbocycles. The van der Waals surface area contributed by atoms with Crippen molar-refractivity contribution in [1.82, 2.24) is 5.32 Å². The average Bonchev–Trinajstić information content (AvgIpc) is 3.16. The van der Waals surface area contributed by atoms with Gasteiger partial charge in [-0.25, -0.2) is 0 Å². The first-order chi connectivity index (χ1) is 11.1. The molecule has 6 heteroatoms. The topological polar surface area (TPSA) is 46.7 Å². The number of carbonyl (C=O) groups is 1. The van der Waals surface area contributed by atoms with Crippen LogP contribution in [0.5, 0.6) is 0 Å². The van der Waals surface area contributed by atoms with Crippen molar-refractivity contribution in [1.29, 1.82) is 0 Å². The van der Waals surface area contributed by atoms with Crippen molar-refractivity contribution in [3.8, 4) is 0 Å². The molecule has 1 atom stereocenters. The molecule has 1 aromatic carbocycles. The lowest BCUT2D eigenvalue weighted by atomic mass is 10.2. The fraction of sp³-hybridized carbons (Fsp3) is 0.235. The number of amides is 1. The number of hydrogen-bond donors (Lipinski definition) is 2. The summed E-state index contributed by atoms with van der Waals surface area (Å²) in [5.74, 6) is 0.710. The zero-order valence-corrected chi connectivity index (χ0v) is 14.5. The lowest BCUT2D eigenvalue weighted by Crippen LogP contribution is -3.07. The summed E-state index contributed by atoms with van der Waals surface area (Å²) in [5.41, 5.74) is 0. The number of carbonyl (C=O) groups excluding carboxylic acids is 1. The Bertz CT molecular complexity index is 811. The minimum Gasteiger partial charge on any atom is -0.463 e. The first-order valence-corrected chi connectivity index (χ1v) is 8.56. The summed E-state index contributed by atoms with van der Waals surface area (Å²) in [7, 11) is 4.07. The molecular formula is C17H18ClN2O2S+. The number of hydrogen-bond acceptors (Lipinski definition) is 3. The fourth-order valence-corrected chi connectivity index (χ4v) is 3.95. The summed E-state index contributed by atoms with van der Waals surface area (Å²) >= 11 is 7.77. The fourth-order valence-electron chi connectivity index (χ4n) is 2.51. The van der Waals surface area contributed by atoms with Gasteiger partial charge in [-0.1, -0.05) is 29.8 Å². The van der Waals surface area contributed by atoms with Gasteiger partial charge in [-0.05, 0) is 18.2 Å². The Hall–Kier alpha value is -1.82. The Morgan fingerprint density at radius 1 is 1.30 bits per heavy atom. The average molecular weight is 350 g/mol. The summed E-state index contributed by atoms with van der Waals surface area (Å²) in [6, 6.07) is 11.6. The van der Waals surface area contributed by atoms with Gasteiger partial charge in [0.1, 0.15) is 4.88 Å². The number of benzene rings is 1. The third-order valence-corrected chi connectivity index (χ3v) is 5.47. The number of rotatable bonds is 5. The summed E-state index contributed by atoms with van der Waals surface area (Å²) in [4.78, 5) is 14.2. The second-order valence-corrected chi connectivity index (χ2v) is 7.03. The predicted molar refractivity (Wildman–Crippen MR) is 93.4 cm³/mol. The van der Waals surface area contributed by atoms with Crippen LogP contribution in [-0.2, 0) is 0 Å². The van der Waals surface area contributed by atoms with E-state index in [2.05, 4.69) is 5.32 Å². The van der Waals surface area contributed by atoms with Crippen LogP contribution in [0.4, 0.5) is 0 Å². The van der Waals surface area contributed by atoms with E-state index in [4.69, 9.17) is 16.0 Å². The zero-order chi connectivity index (χ0) is 16.4. The summed E-state index contributed by atoms with van der Waals surface area (Å²) in [6.45, 7) is 0.485. The lowest BCUT2D eigenvalue weighted by Gasteiger charge is -2.19. The molecule has 0 radical (unpaired) electrons. The Labute approximate surface area is 143 Å². The van der Waals surface area contributed by atoms with Crippen LogP contribution in [0.25, 0.3) is 10.1 Å². The monoisotopic (exact) mass is 349 g/mol. The van der Waals surface area contributed by atoms with E-state index in [0.717, 1.165) is 15.8 Å². The maximum atomic E-state index is 12.5. The van der Waals surface area contributed by atoms with Gasteiger partial charge in [-0.3, -0.25) is 4.79 Å². The van der Waals surface area contributed by atoms with Crippen molar-refractivity contribution >= 4 is 38.9 Å². The van der Waals surface area contributed by atoms with Gasteiger partial charge in [0.25, 0.3) is 5.91 Å². The van der Waals surface area contributed by atoms with Crippen molar-refractivity contribution in [3.63, 3.8) is 0 Å². The third kappa shape index (κ3) is 3.27. The normalized spacial score (nSPS) is 12.7. The van der Waals surface area contributed by atoms with Crippen LogP contribution >= 0.6 is 22.9 Å². The van der Waals surface area contributed by atoms with Crippen molar-refractivity contribution in [3.05, 3.63) is 58.3 Å². The van der Waals surface area contributed by atoms with Crippen LogP contribution < -0.4 is 10.2 Å². The van der Waals surface area contributed by atoms with Crippen LogP contribution in [0.3, 0.4) is 0 Å². The molecule has 0 aliphatic carbocycles. The molecule has 3 aromatic rings. The van der Waals surface area contributed by atoms with Gasteiger partial charge in [-0.2, -0.15) is 0 Å². The molecular weight excluding hydrogens is 332 g/mol. The van der Waals surface area contributed by atoms with Gasteiger partial charge < -0.3 is 14.6 Å². The molecule has 2 N–H and O–H groups in total. The Balaban J connectivity index is 1.76. The number of thiophene rings is 1. The zero-order valence-electron chi connectivity index (χ0n) is 12.9. The summed E-state index contributed by atoms with van der Waals surface area (Å²) < 4.78 is 6.49. The van der Waals surface area contributed by atoms with Crippen molar-refractivity contribution in [2.24, 2.45) is 0 Å². The van der Waals surface area contributed by atoms with E-state index in [1.54, 1.807) is 6.26 Å². The Morgan fingerprint density at radius 2 is 2.09 bits per heavy atom. The summed E-state index contributed by atoms with van der Waals surface area (Å²) in [6.07, 6.45) is 1.65. The van der Waals surface area contributed by atoms with Crippen LogP contribution in [-0.4, -0.2) is 26.5 Å².